The Morgan fingerprint density at radius 1 is 1.18 bits per heavy atom. The monoisotopic (exact) mass is 328 g/mol. The quantitative estimate of drug-likeness (QED) is 0.566. The molecule has 22 heavy (non-hydrogen) atoms. The standard InChI is InChI=1S/C16H24N2O3.ClH/c1-16(17,13-9-5-3-6-10-13)15(20)18-12-8-4-7-11-14(19)21-2;/h3,5-6,9-10H,4,7-8,11-12,17H2,1-2H3,(H,18,20);1H. The fourth-order valence-electron chi connectivity index (χ4n) is 1.97. The van der Waals surface area contributed by atoms with E-state index < -0.39 is 5.54 Å². The van der Waals surface area contributed by atoms with Crippen molar-refractivity contribution in [2.24, 2.45) is 5.73 Å². The Morgan fingerprint density at radius 2 is 1.82 bits per heavy atom. The number of benzene rings is 1. The summed E-state index contributed by atoms with van der Waals surface area (Å²) in [4.78, 5) is 23.1. The largest absolute Gasteiger partial charge is 0.469 e. The van der Waals surface area contributed by atoms with Gasteiger partial charge in [0.2, 0.25) is 5.91 Å². The number of nitrogens with two attached hydrogens (primary N) is 1. The van der Waals surface area contributed by atoms with Gasteiger partial charge >= 0.3 is 5.97 Å². The number of hydrogen-bond donors (Lipinski definition) is 2. The predicted octanol–water partition coefficient (Wildman–Crippen LogP) is 2.13. The number of carbonyl (C=O) groups excluding carboxylic acids is 2. The van der Waals surface area contributed by atoms with Crippen LogP contribution in [0.4, 0.5) is 0 Å². The van der Waals surface area contributed by atoms with Crippen LogP contribution in [0.1, 0.15) is 38.2 Å². The first-order valence-corrected chi connectivity index (χ1v) is 7.18. The number of esters is 1. The number of amides is 1. The normalized spacial score (nSPS) is 12.7. The SMILES string of the molecule is COC(=O)CCCCCNC(=O)C(C)(N)c1ccccc1.Cl. The maximum absolute atomic E-state index is 12.1. The van der Waals surface area contributed by atoms with E-state index in [2.05, 4.69) is 10.1 Å². The van der Waals surface area contributed by atoms with E-state index in [4.69, 9.17) is 5.73 Å². The molecule has 124 valence electrons. The topological polar surface area (TPSA) is 81.4 Å². The lowest BCUT2D eigenvalue weighted by molar-refractivity contribution is -0.140. The summed E-state index contributed by atoms with van der Waals surface area (Å²) >= 11 is 0. The molecule has 0 aliphatic carbocycles. The van der Waals surface area contributed by atoms with Gasteiger partial charge in [0.25, 0.3) is 0 Å². The molecule has 0 bridgehead atoms. The molecule has 1 aromatic rings. The summed E-state index contributed by atoms with van der Waals surface area (Å²) in [6.45, 7) is 2.26. The Hall–Kier alpha value is -1.59. The minimum Gasteiger partial charge on any atom is -0.469 e. The van der Waals surface area contributed by atoms with E-state index in [0.29, 0.717) is 13.0 Å². The van der Waals surface area contributed by atoms with Crippen LogP contribution in [0, 0.1) is 0 Å². The summed E-state index contributed by atoms with van der Waals surface area (Å²) in [6.07, 6.45) is 2.86. The van der Waals surface area contributed by atoms with Gasteiger partial charge in [-0.25, -0.2) is 0 Å². The first-order valence-electron chi connectivity index (χ1n) is 7.18. The summed E-state index contributed by atoms with van der Waals surface area (Å²) < 4.78 is 4.56. The number of nitrogens with one attached hydrogen (secondary N) is 1. The van der Waals surface area contributed by atoms with Crippen molar-refractivity contribution in [1.29, 1.82) is 0 Å². The third-order valence-electron chi connectivity index (χ3n) is 3.42. The summed E-state index contributed by atoms with van der Waals surface area (Å²) in [5.41, 5.74) is 5.86. The average molecular weight is 329 g/mol. The molecule has 0 aliphatic rings. The highest BCUT2D eigenvalue weighted by Gasteiger charge is 2.29. The molecule has 1 aromatic carbocycles. The molecule has 0 fully saturated rings. The van der Waals surface area contributed by atoms with Crippen LogP contribution in [0.5, 0.6) is 0 Å². The Bertz CT molecular complexity index is 464. The molecule has 0 saturated heterocycles. The van der Waals surface area contributed by atoms with E-state index in [9.17, 15) is 9.59 Å². The zero-order valence-corrected chi connectivity index (χ0v) is 13.9. The smallest absolute Gasteiger partial charge is 0.305 e. The van der Waals surface area contributed by atoms with Crippen LogP contribution in [0.15, 0.2) is 30.3 Å². The van der Waals surface area contributed by atoms with Crippen LogP contribution >= 0.6 is 12.4 Å². The lowest BCUT2D eigenvalue weighted by atomic mass is 9.92. The number of unbranched alkanes of at least 4 members (excludes halogenated alkanes) is 2. The van der Waals surface area contributed by atoms with Gasteiger partial charge in [0.15, 0.2) is 0 Å². The molecule has 0 saturated carbocycles. The maximum atomic E-state index is 12.1. The highest BCUT2D eigenvalue weighted by molar-refractivity contribution is 5.86. The highest BCUT2D eigenvalue weighted by Crippen LogP contribution is 2.17. The average Bonchev–Trinajstić information content (AvgIpc) is 2.50. The number of carbonyl (C=O) groups is 2. The Balaban J connectivity index is 0.00000441. The van der Waals surface area contributed by atoms with Crippen LogP contribution in [0.25, 0.3) is 0 Å². The number of methoxy groups -OCH3 is 1. The zero-order valence-electron chi connectivity index (χ0n) is 13.1. The third kappa shape index (κ3) is 6.45. The van der Waals surface area contributed by atoms with Crippen molar-refractivity contribution in [2.75, 3.05) is 13.7 Å². The first-order chi connectivity index (χ1) is 9.98. The lowest BCUT2D eigenvalue weighted by Gasteiger charge is -2.24. The van der Waals surface area contributed by atoms with E-state index in [-0.39, 0.29) is 24.3 Å². The number of halogens is 1. The summed E-state index contributed by atoms with van der Waals surface area (Å²) in [6, 6.07) is 9.30. The van der Waals surface area contributed by atoms with E-state index in [1.807, 2.05) is 30.3 Å². The molecule has 0 heterocycles. The Kier molecular flexibility index (Phi) is 9.45. The summed E-state index contributed by atoms with van der Waals surface area (Å²) in [5, 5.41) is 2.84. The van der Waals surface area contributed by atoms with Crippen LogP contribution in [0.2, 0.25) is 0 Å². The number of ether oxygens (including phenoxy) is 1. The molecule has 1 unspecified atom stereocenters. The van der Waals surface area contributed by atoms with E-state index in [1.54, 1.807) is 6.92 Å². The van der Waals surface area contributed by atoms with Gasteiger partial charge in [-0.1, -0.05) is 36.8 Å². The van der Waals surface area contributed by atoms with Gasteiger partial charge in [-0.3, -0.25) is 9.59 Å². The van der Waals surface area contributed by atoms with Crippen molar-refractivity contribution >= 4 is 24.3 Å². The fraction of sp³-hybridized carbons (Fsp3) is 0.500. The van der Waals surface area contributed by atoms with Crippen LogP contribution in [0.3, 0.4) is 0 Å². The highest BCUT2D eigenvalue weighted by atomic mass is 35.5. The van der Waals surface area contributed by atoms with E-state index >= 15 is 0 Å². The van der Waals surface area contributed by atoms with Crippen molar-refractivity contribution in [3.63, 3.8) is 0 Å². The fourth-order valence-corrected chi connectivity index (χ4v) is 1.97. The Labute approximate surface area is 138 Å². The van der Waals surface area contributed by atoms with Gasteiger partial charge in [-0.2, -0.15) is 0 Å². The molecule has 1 atom stereocenters. The molecule has 1 rings (SSSR count). The van der Waals surface area contributed by atoms with Crippen molar-refractivity contribution in [3.8, 4) is 0 Å². The molecular formula is C16H25ClN2O3. The molecule has 0 aromatic heterocycles. The van der Waals surface area contributed by atoms with Gasteiger partial charge in [0, 0.05) is 13.0 Å². The molecular weight excluding hydrogens is 304 g/mol. The van der Waals surface area contributed by atoms with Crippen molar-refractivity contribution in [3.05, 3.63) is 35.9 Å². The molecule has 0 spiro atoms. The second-order valence-corrected chi connectivity index (χ2v) is 5.21. The summed E-state index contributed by atoms with van der Waals surface area (Å²) in [5.74, 6) is -0.390. The van der Waals surface area contributed by atoms with Gasteiger partial charge in [0.05, 0.1) is 7.11 Å². The molecule has 0 aliphatic heterocycles. The second-order valence-electron chi connectivity index (χ2n) is 5.21. The first kappa shape index (κ1) is 20.4. The number of rotatable bonds is 8. The van der Waals surface area contributed by atoms with Crippen molar-refractivity contribution in [1.82, 2.24) is 5.32 Å². The zero-order chi connectivity index (χ0) is 15.7. The second kappa shape index (κ2) is 10.2. The van der Waals surface area contributed by atoms with E-state index in [0.717, 1.165) is 24.8 Å². The summed E-state index contributed by atoms with van der Waals surface area (Å²) in [7, 11) is 1.38. The number of hydrogen-bond acceptors (Lipinski definition) is 4. The van der Waals surface area contributed by atoms with Gasteiger partial charge in [0.1, 0.15) is 5.54 Å². The van der Waals surface area contributed by atoms with E-state index in [1.165, 1.54) is 7.11 Å². The third-order valence-corrected chi connectivity index (χ3v) is 3.42. The molecule has 6 heteroatoms. The van der Waals surface area contributed by atoms with Gasteiger partial charge in [-0.15, -0.1) is 12.4 Å². The minimum atomic E-state index is -1.03. The minimum absolute atomic E-state index is 0. The van der Waals surface area contributed by atoms with Gasteiger partial charge in [-0.05, 0) is 25.3 Å². The lowest BCUT2D eigenvalue weighted by Crippen LogP contribution is -2.49. The maximum Gasteiger partial charge on any atom is 0.305 e. The van der Waals surface area contributed by atoms with Crippen LogP contribution < -0.4 is 11.1 Å². The van der Waals surface area contributed by atoms with Gasteiger partial charge < -0.3 is 15.8 Å². The molecule has 3 N–H and O–H groups in total. The van der Waals surface area contributed by atoms with Crippen molar-refractivity contribution in [2.45, 2.75) is 38.1 Å². The van der Waals surface area contributed by atoms with Crippen LogP contribution in [-0.4, -0.2) is 25.5 Å². The Morgan fingerprint density at radius 3 is 2.41 bits per heavy atom. The predicted molar refractivity (Wildman–Crippen MR) is 88.7 cm³/mol. The molecule has 0 radical (unpaired) electrons. The van der Waals surface area contributed by atoms with Crippen molar-refractivity contribution < 1.29 is 14.3 Å². The van der Waals surface area contributed by atoms with Crippen LogP contribution in [-0.2, 0) is 19.9 Å². The molecule has 5 nitrogen and oxygen atoms in total. The molecule has 1 amide bonds.